The third-order valence-electron chi connectivity index (χ3n) is 0.555. The molecule has 0 bridgehead atoms. The zero-order valence-electron chi connectivity index (χ0n) is 6.45. The summed E-state index contributed by atoms with van der Waals surface area (Å²) >= 11 is 14.6. The molecule has 0 aliphatic carbocycles. The molecule has 0 saturated heterocycles. The van der Waals surface area contributed by atoms with E-state index in [0.29, 0.717) is 0 Å². The van der Waals surface area contributed by atoms with Crippen LogP contribution >= 0.6 is 34.8 Å². The Morgan fingerprint density at radius 3 is 1.46 bits per heavy atom. The summed E-state index contributed by atoms with van der Waals surface area (Å²) < 4.78 is -1.72. The first-order valence-corrected chi connectivity index (χ1v) is 3.93. The highest BCUT2D eigenvalue weighted by molar-refractivity contribution is 6.74. The SMILES string of the molecule is O.O=CC(Cl)(Cl)Cl.OCC(O)CO. The fourth-order valence-corrected chi connectivity index (χ4v) is 0.0577. The van der Waals surface area contributed by atoms with Crippen molar-refractivity contribution in [2.24, 2.45) is 0 Å². The standard InChI is InChI=1S/C3H8O3.C2HCl3O.H2O/c4-1-3(6)2-5;3-2(4,5)1-6;/h3-6H,1-2H2;1H;1H2. The largest absolute Gasteiger partial charge is 0.412 e. The van der Waals surface area contributed by atoms with Gasteiger partial charge in [-0.2, -0.15) is 0 Å². The molecule has 0 saturated carbocycles. The lowest BCUT2D eigenvalue weighted by molar-refractivity contribution is -0.107. The van der Waals surface area contributed by atoms with E-state index in [4.69, 9.17) is 50.1 Å². The number of carbonyl (C=O) groups excluding carboxylic acids is 1. The van der Waals surface area contributed by atoms with Crippen LogP contribution in [0.4, 0.5) is 0 Å². The number of aldehydes is 1. The molecule has 0 aromatic rings. The summed E-state index contributed by atoms with van der Waals surface area (Å²) in [6.45, 7) is -0.729. The molecule has 0 aromatic carbocycles. The average Bonchev–Trinajstić information content (AvgIpc) is 2.03. The maximum Gasteiger partial charge on any atom is 0.245 e. The van der Waals surface area contributed by atoms with Crippen molar-refractivity contribution in [3.63, 3.8) is 0 Å². The van der Waals surface area contributed by atoms with Gasteiger partial charge in [0.25, 0.3) is 0 Å². The van der Waals surface area contributed by atoms with E-state index < -0.39 is 9.90 Å². The molecule has 0 amide bonds. The Labute approximate surface area is 90.1 Å². The molecule has 0 aliphatic heterocycles. The number of hydrogen-bond acceptors (Lipinski definition) is 4. The fraction of sp³-hybridized carbons (Fsp3) is 0.800. The van der Waals surface area contributed by atoms with Crippen LogP contribution in [-0.2, 0) is 4.79 Å². The smallest absolute Gasteiger partial charge is 0.245 e. The Hall–Kier alpha value is 0.380. The van der Waals surface area contributed by atoms with Crippen molar-refractivity contribution in [3.8, 4) is 0 Å². The van der Waals surface area contributed by atoms with E-state index in [1.54, 1.807) is 0 Å². The van der Waals surface area contributed by atoms with Crippen molar-refractivity contribution in [3.05, 3.63) is 0 Å². The second kappa shape index (κ2) is 10.5. The van der Waals surface area contributed by atoms with Crippen molar-refractivity contribution in [2.75, 3.05) is 13.2 Å². The lowest BCUT2D eigenvalue weighted by Gasteiger charge is -1.96. The van der Waals surface area contributed by atoms with Gasteiger partial charge in [-0.25, -0.2) is 0 Å². The number of carbonyl (C=O) groups is 1. The molecule has 0 spiro atoms. The zero-order chi connectivity index (χ0) is 10.2. The Balaban J connectivity index is -0.000000143. The lowest BCUT2D eigenvalue weighted by atomic mass is 10.4. The summed E-state index contributed by atoms with van der Waals surface area (Å²) in [5.41, 5.74) is 0. The van der Waals surface area contributed by atoms with Gasteiger partial charge in [0.2, 0.25) is 3.79 Å². The number of alkyl halides is 3. The molecule has 8 heteroatoms. The number of aliphatic hydroxyl groups excluding tert-OH is 3. The van der Waals surface area contributed by atoms with Gasteiger partial charge in [-0.1, -0.05) is 34.8 Å². The number of halogens is 3. The number of aliphatic hydroxyl groups is 3. The van der Waals surface area contributed by atoms with E-state index in [1.165, 1.54) is 0 Å². The third kappa shape index (κ3) is 24.5. The predicted octanol–water partition coefficient (Wildman–Crippen LogP) is -0.937. The van der Waals surface area contributed by atoms with Gasteiger partial charge >= 0.3 is 0 Å². The van der Waals surface area contributed by atoms with Crippen LogP contribution in [0.5, 0.6) is 0 Å². The summed E-state index contributed by atoms with van der Waals surface area (Å²) in [5, 5.41) is 24.0. The molecule has 13 heavy (non-hydrogen) atoms. The Bertz CT molecular complexity index is 111. The summed E-state index contributed by atoms with van der Waals surface area (Å²) in [6.07, 6.45) is -0.720. The zero-order valence-corrected chi connectivity index (χ0v) is 8.72. The van der Waals surface area contributed by atoms with Gasteiger partial charge in [0.15, 0.2) is 6.29 Å². The Morgan fingerprint density at radius 1 is 1.23 bits per heavy atom. The van der Waals surface area contributed by atoms with Crippen molar-refractivity contribution < 1.29 is 25.6 Å². The van der Waals surface area contributed by atoms with Crippen LogP contribution in [0.3, 0.4) is 0 Å². The maximum absolute atomic E-state index is 9.43. The minimum absolute atomic E-state index is 0. The van der Waals surface area contributed by atoms with Gasteiger partial charge < -0.3 is 20.8 Å². The summed E-state index contributed by atoms with van der Waals surface area (Å²) in [5.74, 6) is 0. The molecule has 0 unspecified atom stereocenters. The number of hydrogen-bond donors (Lipinski definition) is 3. The molecular formula is C5H11Cl3O5. The summed E-state index contributed by atoms with van der Waals surface area (Å²) in [7, 11) is 0. The van der Waals surface area contributed by atoms with Gasteiger partial charge in [-0.3, -0.25) is 4.79 Å². The molecule has 0 radical (unpaired) electrons. The predicted molar refractivity (Wildman–Crippen MR) is 50.1 cm³/mol. The van der Waals surface area contributed by atoms with E-state index in [0.717, 1.165) is 0 Å². The van der Waals surface area contributed by atoms with Gasteiger partial charge in [-0.05, 0) is 0 Å². The first kappa shape index (κ1) is 19.0. The van der Waals surface area contributed by atoms with Gasteiger partial charge in [0.05, 0.1) is 13.2 Å². The van der Waals surface area contributed by atoms with E-state index in [2.05, 4.69) is 0 Å². The van der Waals surface area contributed by atoms with Crippen LogP contribution in [0.1, 0.15) is 0 Å². The first-order chi connectivity index (χ1) is 5.37. The third-order valence-corrected chi connectivity index (χ3v) is 0.822. The van der Waals surface area contributed by atoms with E-state index in [1.807, 2.05) is 0 Å². The highest BCUT2D eigenvalue weighted by atomic mass is 35.6. The van der Waals surface area contributed by atoms with Crippen LogP contribution in [0.25, 0.3) is 0 Å². The monoisotopic (exact) mass is 256 g/mol. The molecule has 0 atom stereocenters. The van der Waals surface area contributed by atoms with Crippen molar-refractivity contribution in [1.82, 2.24) is 0 Å². The second-order valence-electron chi connectivity index (χ2n) is 1.68. The van der Waals surface area contributed by atoms with Gasteiger partial charge in [-0.15, -0.1) is 0 Å². The molecule has 0 fully saturated rings. The average molecular weight is 257 g/mol. The van der Waals surface area contributed by atoms with Crippen LogP contribution in [0.15, 0.2) is 0 Å². The minimum atomic E-state index is -1.72. The molecule has 5 N–H and O–H groups in total. The maximum atomic E-state index is 9.43. The summed E-state index contributed by atoms with van der Waals surface area (Å²) in [6, 6.07) is 0. The molecule has 5 nitrogen and oxygen atoms in total. The van der Waals surface area contributed by atoms with E-state index >= 15 is 0 Å². The van der Waals surface area contributed by atoms with Gasteiger partial charge in [0.1, 0.15) is 6.10 Å². The van der Waals surface area contributed by atoms with Crippen molar-refractivity contribution in [2.45, 2.75) is 9.90 Å². The van der Waals surface area contributed by atoms with Gasteiger partial charge in [0, 0.05) is 0 Å². The van der Waals surface area contributed by atoms with Crippen molar-refractivity contribution in [1.29, 1.82) is 0 Å². The normalized spacial score (nSPS) is 9.77. The minimum Gasteiger partial charge on any atom is -0.412 e. The van der Waals surface area contributed by atoms with E-state index in [-0.39, 0.29) is 25.0 Å². The van der Waals surface area contributed by atoms with E-state index in [9.17, 15) is 4.79 Å². The van der Waals surface area contributed by atoms with Crippen LogP contribution < -0.4 is 0 Å². The molecule has 0 aliphatic rings. The van der Waals surface area contributed by atoms with Crippen LogP contribution in [0, 0.1) is 0 Å². The molecule has 0 heterocycles. The quantitative estimate of drug-likeness (QED) is 0.438. The second-order valence-corrected chi connectivity index (χ2v) is 4.05. The van der Waals surface area contributed by atoms with Crippen molar-refractivity contribution >= 4 is 41.1 Å². The topological polar surface area (TPSA) is 109 Å². The van der Waals surface area contributed by atoms with Crippen LogP contribution in [0.2, 0.25) is 0 Å². The fourth-order valence-electron chi connectivity index (χ4n) is 0.0577. The Morgan fingerprint density at radius 2 is 1.46 bits per heavy atom. The highest BCUT2D eigenvalue weighted by Crippen LogP contribution is 2.21. The molecule has 0 aromatic heterocycles. The molecular weight excluding hydrogens is 246 g/mol. The highest BCUT2D eigenvalue weighted by Gasteiger charge is 2.16. The Kier molecular flexibility index (Phi) is 15.3. The first-order valence-electron chi connectivity index (χ1n) is 2.80. The summed E-state index contributed by atoms with van der Waals surface area (Å²) in [4.78, 5) is 9.43. The molecule has 0 rings (SSSR count). The molecule has 82 valence electrons. The lowest BCUT2D eigenvalue weighted by Crippen LogP contribution is -2.15. The number of rotatable bonds is 2. The van der Waals surface area contributed by atoms with Crippen LogP contribution in [-0.4, -0.2) is 50.2 Å².